The van der Waals surface area contributed by atoms with Crippen LogP contribution in [0.4, 0.5) is 17.1 Å². The Morgan fingerprint density at radius 1 is 1.17 bits per heavy atom. The first kappa shape index (κ1) is 22.9. The minimum Gasteiger partial charge on any atom is -0.394 e. The number of nitro benzene ring substituents is 1. The number of benzene rings is 2. The number of nitrogens with zero attached hydrogens (tertiary/aromatic N) is 4. The monoisotopic (exact) mass is 417 g/mol. The summed E-state index contributed by atoms with van der Waals surface area (Å²) in [6.45, 7) is -0.762. The molecule has 0 heterocycles. The molecule has 30 heavy (non-hydrogen) atoms. The summed E-state index contributed by atoms with van der Waals surface area (Å²) in [5, 5.41) is 59.4. The minimum absolute atomic E-state index is 0.0997. The van der Waals surface area contributed by atoms with Crippen molar-refractivity contribution >= 4 is 29.0 Å². The molecule has 5 N–H and O–H groups in total. The van der Waals surface area contributed by atoms with Gasteiger partial charge in [0.15, 0.2) is 0 Å². The molecule has 0 aliphatic rings. The maximum atomic E-state index is 10.7. The number of hydrogen-bond donors (Lipinski definition) is 5. The standard InChI is InChI=1S/C19H23N5O6/c1-23(14-5-3-2-4-6-14)20-11-16(18(27)19(28)17(26)12-25)22-21-13-7-9-15(10-8-13)24(29)30/h2-11,17-19,21,25-28H,12H2,1H3/b20-11+,22-16+. The van der Waals surface area contributed by atoms with Crippen LogP contribution in [0.1, 0.15) is 0 Å². The van der Waals surface area contributed by atoms with E-state index in [9.17, 15) is 25.4 Å². The van der Waals surface area contributed by atoms with Gasteiger partial charge in [-0.15, -0.1) is 0 Å². The second-order valence-corrected chi connectivity index (χ2v) is 6.24. The molecule has 0 saturated heterocycles. The fourth-order valence-corrected chi connectivity index (χ4v) is 2.31. The van der Waals surface area contributed by atoms with Gasteiger partial charge >= 0.3 is 0 Å². The number of aliphatic hydroxyl groups is 4. The van der Waals surface area contributed by atoms with Crippen molar-refractivity contribution in [3.8, 4) is 0 Å². The second-order valence-electron chi connectivity index (χ2n) is 6.24. The molecule has 0 aromatic heterocycles. The number of aliphatic hydroxyl groups excluding tert-OH is 4. The van der Waals surface area contributed by atoms with Gasteiger partial charge in [-0.3, -0.25) is 20.5 Å². The van der Waals surface area contributed by atoms with Crippen molar-refractivity contribution in [2.75, 3.05) is 24.1 Å². The third kappa shape index (κ3) is 6.32. The van der Waals surface area contributed by atoms with Gasteiger partial charge in [-0.2, -0.15) is 10.2 Å². The van der Waals surface area contributed by atoms with Crippen LogP contribution >= 0.6 is 0 Å². The Labute approximate surface area is 172 Å². The molecule has 2 aromatic carbocycles. The Kier molecular flexibility index (Phi) is 8.38. The molecule has 0 fully saturated rings. The number of anilines is 2. The summed E-state index contributed by atoms with van der Waals surface area (Å²) in [6.07, 6.45) is -3.81. The SMILES string of the molecule is CN(/N=C/C(=N\Nc1ccc([N+](=O)[O-])cc1)C(O)C(O)C(O)CO)c1ccccc1. The van der Waals surface area contributed by atoms with Gasteiger partial charge in [-0.1, -0.05) is 18.2 Å². The Morgan fingerprint density at radius 2 is 1.80 bits per heavy atom. The zero-order chi connectivity index (χ0) is 22.1. The highest BCUT2D eigenvalue weighted by Crippen LogP contribution is 2.16. The van der Waals surface area contributed by atoms with E-state index in [1.807, 2.05) is 30.3 Å². The Balaban J connectivity index is 2.24. The quantitative estimate of drug-likeness (QED) is 0.213. The number of nitrogens with one attached hydrogen (secondary N) is 1. The number of hydrazone groups is 2. The van der Waals surface area contributed by atoms with Gasteiger partial charge in [0.1, 0.15) is 24.0 Å². The van der Waals surface area contributed by atoms with Crippen LogP contribution in [-0.2, 0) is 0 Å². The summed E-state index contributed by atoms with van der Waals surface area (Å²) in [5.41, 5.74) is 3.50. The average Bonchev–Trinajstić information content (AvgIpc) is 2.78. The number of hydrogen-bond acceptors (Lipinski definition) is 10. The molecule has 0 aliphatic heterocycles. The average molecular weight is 417 g/mol. The maximum absolute atomic E-state index is 10.7. The molecule has 160 valence electrons. The van der Waals surface area contributed by atoms with Crippen LogP contribution in [-0.4, -0.2) is 69.2 Å². The molecule has 0 radical (unpaired) electrons. The van der Waals surface area contributed by atoms with Gasteiger partial charge in [0.2, 0.25) is 0 Å². The van der Waals surface area contributed by atoms with E-state index in [0.717, 1.165) is 5.69 Å². The normalized spacial score (nSPS) is 14.9. The summed E-state index contributed by atoms with van der Waals surface area (Å²) in [4.78, 5) is 10.2. The molecule has 11 heteroatoms. The number of para-hydroxylation sites is 1. The predicted octanol–water partition coefficient (Wildman–Crippen LogP) is 0.560. The van der Waals surface area contributed by atoms with E-state index in [1.165, 1.54) is 35.5 Å². The van der Waals surface area contributed by atoms with E-state index in [1.54, 1.807) is 7.05 Å². The van der Waals surface area contributed by atoms with E-state index >= 15 is 0 Å². The predicted molar refractivity (Wildman–Crippen MR) is 113 cm³/mol. The molecule has 3 atom stereocenters. The summed E-state index contributed by atoms with van der Waals surface area (Å²) in [6, 6.07) is 14.5. The lowest BCUT2D eigenvalue weighted by Crippen LogP contribution is -2.44. The van der Waals surface area contributed by atoms with Crippen molar-refractivity contribution in [3.05, 3.63) is 64.7 Å². The van der Waals surface area contributed by atoms with Crippen LogP contribution in [0, 0.1) is 10.1 Å². The fraction of sp³-hybridized carbons (Fsp3) is 0.263. The van der Waals surface area contributed by atoms with Crippen molar-refractivity contribution in [2.24, 2.45) is 10.2 Å². The topological polar surface area (TPSA) is 164 Å². The van der Waals surface area contributed by atoms with Gasteiger partial charge in [0.05, 0.1) is 29.1 Å². The first-order valence-electron chi connectivity index (χ1n) is 8.89. The van der Waals surface area contributed by atoms with Crippen molar-refractivity contribution in [1.82, 2.24) is 0 Å². The minimum atomic E-state index is -1.72. The molecule has 11 nitrogen and oxygen atoms in total. The molecule has 2 rings (SSSR count). The second kappa shape index (κ2) is 11.0. The number of nitro groups is 1. The third-order valence-corrected chi connectivity index (χ3v) is 4.09. The van der Waals surface area contributed by atoms with E-state index < -0.39 is 29.8 Å². The van der Waals surface area contributed by atoms with Gasteiger partial charge < -0.3 is 20.4 Å². The summed E-state index contributed by atoms with van der Waals surface area (Å²) in [7, 11) is 1.67. The molecule has 0 amide bonds. The van der Waals surface area contributed by atoms with Crippen LogP contribution in [0.3, 0.4) is 0 Å². The molecule has 2 aromatic rings. The van der Waals surface area contributed by atoms with Gasteiger partial charge in [-0.05, 0) is 24.3 Å². The highest BCUT2D eigenvalue weighted by atomic mass is 16.6. The Hall–Kier alpha value is -3.38. The van der Waals surface area contributed by atoms with Gasteiger partial charge in [0.25, 0.3) is 5.69 Å². The van der Waals surface area contributed by atoms with Crippen LogP contribution in [0.25, 0.3) is 0 Å². The summed E-state index contributed by atoms with van der Waals surface area (Å²) >= 11 is 0. The lowest BCUT2D eigenvalue weighted by Gasteiger charge is -2.21. The van der Waals surface area contributed by atoms with E-state index in [0.29, 0.717) is 5.69 Å². The van der Waals surface area contributed by atoms with Crippen molar-refractivity contribution < 1.29 is 25.3 Å². The summed E-state index contributed by atoms with van der Waals surface area (Å²) < 4.78 is 0. The highest BCUT2D eigenvalue weighted by Gasteiger charge is 2.28. The fourth-order valence-electron chi connectivity index (χ4n) is 2.31. The molecule has 3 unspecified atom stereocenters. The molecule has 0 bridgehead atoms. The largest absolute Gasteiger partial charge is 0.394 e. The third-order valence-electron chi connectivity index (χ3n) is 4.09. The van der Waals surface area contributed by atoms with E-state index in [2.05, 4.69) is 15.6 Å². The molecular formula is C19H23N5O6. The van der Waals surface area contributed by atoms with Crippen molar-refractivity contribution in [3.63, 3.8) is 0 Å². The molecule has 0 saturated carbocycles. The molecule has 0 spiro atoms. The van der Waals surface area contributed by atoms with Crippen LogP contribution in [0.2, 0.25) is 0 Å². The lowest BCUT2D eigenvalue weighted by molar-refractivity contribution is -0.384. The first-order chi connectivity index (χ1) is 14.3. The van der Waals surface area contributed by atoms with E-state index in [4.69, 9.17) is 5.11 Å². The van der Waals surface area contributed by atoms with Crippen LogP contribution < -0.4 is 10.4 Å². The Morgan fingerprint density at radius 3 is 2.37 bits per heavy atom. The van der Waals surface area contributed by atoms with Crippen molar-refractivity contribution in [2.45, 2.75) is 18.3 Å². The van der Waals surface area contributed by atoms with Crippen LogP contribution in [0.5, 0.6) is 0 Å². The number of non-ortho nitro benzene ring substituents is 1. The highest BCUT2D eigenvalue weighted by molar-refractivity contribution is 6.33. The van der Waals surface area contributed by atoms with E-state index in [-0.39, 0.29) is 11.4 Å². The van der Waals surface area contributed by atoms with Gasteiger partial charge in [-0.25, -0.2) is 0 Å². The molecule has 0 aliphatic carbocycles. The van der Waals surface area contributed by atoms with Crippen LogP contribution in [0.15, 0.2) is 64.8 Å². The zero-order valence-corrected chi connectivity index (χ0v) is 16.1. The maximum Gasteiger partial charge on any atom is 0.269 e. The Bertz CT molecular complexity index is 875. The molecular weight excluding hydrogens is 394 g/mol. The first-order valence-corrected chi connectivity index (χ1v) is 8.89. The number of rotatable bonds is 10. The smallest absolute Gasteiger partial charge is 0.269 e. The van der Waals surface area contributed by atoms with Gasteiger partial charge in [0, 0.05) is 19.2 Å². The lowest BCUT2D eigenvalue weighted by atomic mass is 10.0. The van der Waals surface area contributed by atoms with Crippen molar-refractivity contribution in [1.29, 1.82) is 0 Å². The summed E-state index contributed by atoms with van der Waals surface area (Å²) in [5.74, 6) is 0. The zero-order valence-electron chi connectivity index (χ0n) is 16.1.